The monoisotopic (exact) mass is 936 g/mol. The second-order valence-corrected chi connectivity index (χ2v) is 25.1. The molecule has 0 heterocycles. The van der Waals surface area contributed by atoms with Crippen LogP contribution in [-0.4, -0.2) is 3.21 Å². The molecule has 4 aromatic carbocycles. The molecule has 0 bridgehead atoms. The molecule has 0 saturated carbocycles. The molecule has 0 fully saturated rings. The Hall–Kier alpha value is -3.25. The van der Waals surface area contributed by atoms with Crippen molar-refractivity contribution >= 4 is 14.4 Å². The summed E-state index contributed by atoms with van der Waals surface area (Å²) in [4.78, 5) is 0. The fourth-order valence-electron chi connectivity index (χ4n) is 10.6. The van der Waals surface area contributed by atoms with Crippen LogP contribution in [0.15, 0.2) is 105 Å². The van der Waals surface area contributed by atoms with E-state index >= 15 is 0 Å². The smallest absolute Gasteiger partial charge is 1.00 e. The summed E-state index contributed by atoms with van der Waals surface area (Å²) in [7, 11) is 0. The number of halogens is 8. The predicted molar refractivity (Wildman–Crippen MR) is 223 cm³/mol. The minimum Gasteiger partial charge on any atom is -1.00 e. The third-order valence-electron chi connectivity index (χ3n) is 13.0. The van der Waals surface area contributed by atoms with E-state index in [0.717, 1.165) is 40.0 Å². The number of allylic oxidation sites excluding steroid dienone is 8. The number of fused-ring (bicyclic) bond motifs is 5. The third-order valence-corrected chi connectivity index (χ3v) is 22.1. The minimum absolute atomic E-state index is 0. The second-order valence-electron chi connectivity index (χ2n) is 19.1. The van der Waals surface area contributed by atoms with Crippen LogP contribution in [0.3, 0.4) is 0 Å². The fourth-order valence-corrected chi connectivity index (χ4v) is 20.5. The van der Waals surface area contributed by atoms with Crippen molar-refractivity contribution in [1.82, 2.24) is 0 Å². The maximum Gasteiger partial charge on any atom is -1.00 e. The van der Waals surface area contributed by atoms with E-state index in [9.17, 15) is 26.3 Å². The standard InChI is InChI=1S/C25H25.C15H8F6.C11H17.2ClH.Zr/c1-14-12-24(3,4)22-8-16-7-17-9-23-19(15(2)13-25(23,5)6)11-21(17)20(16)10-18(14)22;16-14(17,18)12-5-1-3-10(8-12)7-11-4-2-6-13(9-11)15(19,20)21;1-8-6-9(2)10(7-8)11(3,4)5;;;/h7-13H,1-6H3;1-6,8-9H;7-8H,1-5H3;2*1H;/q;;;;;+2/p-2. The minimum atomic E-state index is -4.64. The van der Waals surface area contributed by atoms with E-state index in [-0.39, 0.29) is 50.6 Å². The van der Waals surface area contributed by atoms with Crippen LogP contribution in [0, 0.1) is 11.3 Å². The molecule has 8 rings (SSSR count). The second kappa shape index (κ2) is 15.2. The number of benzene rings is 4. The third kappa shape index (κ3) is 7.55. The zero-order chi connectivity index (χ0) is 42.2. The van der Waals surface area contributed by atoms with Gasteiger partial charge in [-0.3, -0.25) is 0 Å². The molecule has 9 heteroatoms. The van der Waals surface area contributed by atoms with Gasteiger partial charge in [-0.25, -0.2) is 0 Å². The van der Waals surface area contributed by atoms with E-state index in [1.807, 2.05) is 0 Å². The first-order valence-electron chi connectivity index (χ1n) is 20.1. The van der Waals surface area contributed by atoms with Crippen molar-refractivity contribution in [3.05, 3.63) is 161 Å². The molecule has 314 valence electrons. The number of hydrogen-bond donors (Lipinski definition) is 0. The van der Waals surface area contributed by atoms with E-state index in [1.165, 1.54) is 66.5 Å². The summed E-state index contributed by atoms with van der Waals surface area (Å²) in [5.41, 5.74) is 12.3. The van der Waals surface area contributed by atoms with Gasteiger partial charge in [-0.2, -0.15) is 0 Å². The van der Waals surface area contributed by atoms with Crippen LogP contribution in [-0.2, 0) is 44.4 Å². The van der Waals surface area contributed by atoms with Gasteiger partial charge in [-0.15, -0.1) is 0 Å². The molecule has 0 N–H and O–H groups in total. The van der Waals surface area contributed by atoms with Crippen LogP contribution in [0.2, 0.25) is 0 Å². The Bertz CT molecular complexity index is 2480. The summed E-state index contributed by atoms with van der Waals surface area (Å²) in [6.45, 7) is 24.0. The van der Waals surface area contributed by atoms with Crippen molar-refractivity contribution in [3.8, 4) is 11.1 Å². The van der Waals surface area contributed by atoms with Crippen LogP contribution < -0.4 is 24.8 Å². The van der Waals surface area contributed by atoms with Gasteiger partial charge in [0.25, 0.3) is 0 Å². The predicted octanol–water partition coefficient (Wildman–Crippen LogP) is 8.97. The first-order valence-corrected chi connectivity index (χ1v) is 24.0. The molecule has 1 unspecified atom stereocenters. The van der Waals surface area contributed by atoms with Gasteiger partial charge in [0.05, 0.1) is 0 Å². The van der Waals surface area contributed by atoms with Crippen LogP contribution in [0.1, 0.15) is 135 Å². The van der Waals surface area contributed by atoms with Gasteiger partial charge >= 0.3 is 348 Å². The van der Waals surface area contributed by atoms with Gasteiger partial charge in [0.1, 0.15) is 0 Å². The van der Waals surface area contributed by atoms with Crippen molar-refractivity contribution in [2.24, 2.45) is 11.3 Å². The maximum absolute atomic E-state index is 14.7. The molecular weight excluding hydrogens is 889 g/mol. The molecule has 0 saturated heterocycles. The van der Waals surface area contributed by atoms with Crippen molar-refractivity contribution in [1.29, 1.82) is 0 Å². The van der Waals surface area contributed by atoms with Crippen molar-refractivity contribution < 1.29 is 72.4 Å². The largest absolute Gasteiger partial charge is 1.00 e. The number of alkyl halides is 6. The van der Waals surface area contributed by atoms with Gasteiger partial charge in [-0.05, 0) is 0 Å². The average molecular weight is 939 g/mol. The van der Waals surface area contributed by atoms with Gasteiger partial charge in [0.15, 0.2) is 0 Å². The molecule has 4 aromatic rings. The van der Waals surface area contributed by atoms with Crippen molar-refractivity contribution in [2.45, 2.75) is 103 Å². The van der Waals surface area contributed by atoms with Gasteiger partial charge in [-0.1, -0.05) is 0 Å². The molecular formula is C51H50Cl2F6Zr. The fraction of sp³-hybridized carbons (Fsp3) is 0.353. The number of hydrogen-bond acceptors (Lipinski definition) is 0. The first kappa shape index (κ1) is 46.3. The molecule has 0 amide bonds. The quantitative estimate of drug-likeness (QED) is 0.180. The summed E-state index contributed by atoms with van der Waals surface area (Å²) in [5, 5.41) is 0. The zero-order valence-corrected chi connectivity index (χ0v) is 39.8. The summed E-state index contributed by atoms with van der Waals surface area (Å²) >= 11 is -3.91. The van der Waals surface area contributed by atoms with E-state index in [4.69, 9.17) is 0 Å². The Morgan fingerprint density at radius 2 is 1.02 bits per heavy atom. The Morgan fingerprint density at radius 3 is 1.38 bits per heavy atom. The molecule has 0 radical (unpaired) electrons. The van der Waals surface area contributed by atoms with E-state index in [0.29, 0.717) is 14.3 Å². The molecule has 4 aliphatic carbocycles. The molecule has 60 heavy (non-hydrogen) atoms. The molecule has 0 aromatic heterocycles. The Kier molecular flexibility index (Phi) is 11.7. The molecule has 4 aliphatic rings. The molecule has 0 nitrogen and oxygen atoms in total. The Morgan fingerprint density at radius 1 is 0.600 bits per heavy atom. The van der Waals surface area contributed by atoms with Gasteiger partial charge in [0.2, 0.25) is 0 Å². The Labute approximate surface area is 370 Å². The van der Waals surface area contributed by atoms with Crippen LogP contribution in [0.25, 0.3) is 22.3 Å². The molecule has 0 aliphatic heterocycles. The zero-order valence-electron chi connectivity index (χ0n) is 35.8. The Balaban J connectivity index is 0.00000302. The van der Waals surface area contributed by atoms with Gasteiger partial charge < -0.3 is 24.8 Å². The first-order chi connectivity index (χ1) is 26.8. The van der Waals surface area contributed by atoms with E-state index in [1.54, 1.807) is 12.1 Å². The van der Waals surface area contributed by atoms with Crippen molar-refractivity contribution in [3.63, 3.8) is 0 Å². The van der Waals surface area contributed by atoms with Crippen LogP contribution in [0.5, 0.6) is 0 Å². The summed E-state index contributed by atoms with van der Waals surface area (Å²) in [6.07, 6.45) is -2.38. The van der Waals surface area contributed by atoms with Crippen molar-refractivity contribution in [2.75, 3.05) is 0 Å². The molecule has 1 atom stereocenters. The van der Waals surface area contributed by atoms with Crippen LogP contribution >= 0.6 is 0 Å². The normalized spacial score (nSPS) is 18.6. The average Bonchev–Trinajstić information content (AvgIpc) is 3.75. The number of rotatable bonds is 4. The topological polar surface area (TPSA) is 0 Å². The summed E-state index contributed by atoms with van der Waals surface area (Å²) < 4.78 is 89.5. The van der Waals surface area contributed by atoms with Gasteiger partial charge in [0, 0.05) is 0 Å². The SMILES string of the molecule is CC1=CC(C)(C)c2cc3c(cc21)-c1cc2c(cc1[CH]3[Zr+2]([C]1=C(C)C(C(C)(C)C)=CC1C)=[C](c1cccc(C(F)(F)F)c1)c1cccc(C(F)(F)F)c1)C(C)(C)C=C2C.[Cl-].[Cl-]. The molecule has 0 spiro atoms. The maximum atomic E-state index is 14.7. The van der Waals surface area contributed by atoms with Crippen LogP contribution in [0.4, 0.5) is 26.3 Å². The van der Waals surface area contributed by atoms with E-state index in [2.05, 4.69) is 119 Å². The summed E-state index contributed by atoms with van der Waals surface area (Å²) in [5.74, 6) is -0.0627. The van der Waals surface area contributed by atoms with E-state index < -0.39 is 44.7 Å². The summed E-state index contributed by atoms with van der Waals surface area (Å²) in [6, 6.07) is 20.0.